The Bertz CT molecular complexity index is 475. The van der Waals surface area contributed by atoms with Crippen LogP contribution in [0.5, 0.6) is 0 Å². The minimum Gasteiger partial charge on any atom is -0.478 e. The maximum Gasteiger partial charge on any atom is 0.337 e. The summed E-state index contributed by atoms with van der Waals surface area (Å²) in [5.41, 5.74) is 5.97. The highest BCUT2D eigenvalue weighted by Gasteiger charge is 2.30. The van der Waals surface area contributed by atoms with Crippen LogP contribution in [0.4, 0.5) is 5.69 Å². The third kappa shape index (κ3) is 2.28. The molecule has 1 atom stereocenters. The first-order valence-electron chi connectivity index (χ1n) is 5.57. The number of hydrogen-bond donors (Lipinski definition) is 2. The van der Waals surface area contributed by atoms with Crippen molar-refractivity contribution in [3.63, 3.8) is 0 Å². The van der Waals surface area contributed by atoms with E-state index < -0.39 is 17.9 Å². The van der Waals surface area contributed by atoms with Crippen molar-refractivity contribution in [1.29, 1.82) is 0 Å². The molecular formula is C12H14N2O4. The molecule has 0 aromatic heterocycles. The number of amides is 1. The lowest BCUT2D eigenvalue weighted by Gasteiger charge is -2.36. The number of nitrogens with zero attached hydrogens (tertiary/aromatic N) is 1. The molecule has 1 fully saturated rings. The van der Waals surface area contributed by atoms with Crippen LogP contribution in [0.25, 0.3) is 0 Å². The molecule has 6 nitrogen and oxygen atoms in total. The van der Waals surface area contributed by atoms with E-state index in [1.54, 1.807) is 23.1 Å². The molecular weight excluding hydrogens is 236 g/mol. The van der Waals surface area contributed by atoms with Gasteiger partial charge in [-0.1, -0.05) is 12.1 Å². The summed E-state index contributed by atoms with van der Waals surface area (Å²) in [5, 5.41) is 9.15. The number of aromatic carboxylic acids is 1. The van der Waals surface area contributed by atoms with E-state index in [1.807, 2.05) is 0 Å². The molecule has 2 rings (SSSR count). The molecule has 0 saturated carbocycles. The molecule has 1 aromatic carbocycles. The van der Waals surface area contributed by atoms with Crippen LogP contribution in [0.2, 0.25) is 0 Å². The van der Waals surface area contributed by atoms with Crippen molar-refractivity contribution in [3.05, 3.63) is 29.8 Å². The van der Waals surface area contributed by atoms with Gasteiger partial charge in [0.2, 0.25) is 5.91 Å². The van der Waals surface area contributed by atoms with Crippen LogP contribution < -0.4 is 10.6 Å². The zero-order valence-electron chi connectivity index (χ0n) is 9.70. The summed E-state index contributed by atoms with van der Waals surface area (Å²) in [6, 6.07) is 5.93. The van der Waals surface area contributed by atoms with E-state index in [4.69, 9.17) is 15.6 Å². The van der Waals surface area contributed by atoms with Crippen LogP contribution in [0.3, 0.4) is 0 Å². The molecule has 0 aliphatic carbocycles. The number of nitrogens with two attached hydrogens (primary N) is 1. The number of rotatable bonds is 3. The number of anilines is 1. The van der Waals surface area contributed by atoms with Crippen molar-refractivity contribution in [2.75, 3.05) is 24.7 Å². The minimum absolute atomic E-state index is 0.158. The molecule has 1 aliphatic heterocycles. The normalized spacial score (nSPS) is 19.6. The van der Waals surface area contributed by atoms with Crippen LogP contribution in [-0.4, -0.2) is 42.8 Å². The largest absolute Gasteiger partial charge is 0.478 e. The van der Waals surface area contributed by atoms with Crippen molar-refractivity contribution in [2.24, 2.45) is 5.73 Å². The lowest BCUT2D eigenvalue weighted by Crippen LogP contribution is -2.53. The highest BCUT2D eigenvalue weighted by atomic mass is 16.5. The van der Waals surface area contributed by atoms with Crippen molar-refractivity contribution in [3.8, 4) is 0 Å². The average Bonchev–Trinajstić information content (AvgIpc) is 2.38. The van der Waals surface area contributed by atoms with Crippen LogP contribution in [0.15, 0.2) is 24.3 Å². The topological polar surface area (TPSA) is 92.9 Å². The standard InChI is InChI=1S/C12H14N2O4/c13-11(15)10-7-18-6-5-14(10)9-4-2-1-3-8(9)12(16)17/h1-4,10H,5-7H2,(H2,13,15)(H,16,17). The Balaban J connectivity index is 2.39. The van der Waals surface area contributed by atoms with Gasteiger partial charge in [0.25, 0.3) is 0 Å². The number of benzene rings is 1. The van der Waals surface area contributed by atoms with Crippen molar-refractivity contribution < 1.29 is 19.4 Å². The summed E-state index contributed by atoms with van der Waals surface area (Å²) >= 11 is 0. The quantitative estimate of drug-likeness (QED) is 0.792. The molecule has 1 amide bonds. The fourth-order valence-electron chi connectivity index (χ4n) is 2.03. The molecule has 0 bridgehead atoms. The minimum atomic E-state index is -1.03. The Morgan fingerprint density at radius 3 is 2.78 bits per heavy atom. The summed E-state index contributed by atoms with van der Waals surface area (Å²) < 4.78 is 5.21. The highest BCUT2D eigenvalue weighted by Crippen LogP contribution is 2.24. The number of primary amides is 1. The third-order valence-corrected chi connectivity index (χ3v) is 2.90. The number of carbonyl (C=O) groups excluding carboxylic acids is 1. The van der Waals surface area contributed by atoms with E-state index >= 15 is 0 Å². The monoisotopic (exact) mass is 250 g/mol. The fourth-order valence-corrected chi connectivity index (χ4v) is 2.03. The van der Waals surface area contributed by atoms with Gasteiger partial charge in [0.05, 0.1) is 24.5 Å². The van der Waals surface area contributed by atoms with Crippen molar-refractivity contribution >= 4 is 17.6 Å². The van der Waals surface area contributed by atoms with E-state index in [2.05, 4.69) is 0 Å². The van der Waals surface area contributed by atoms with Crippen molar-refractivity contribution in [2.45, 2.75) is 6.04 Å². The fraction of sp³-hybridized carbons (Fsp3) is 0.333. The molecule has 3 N–H and O–H groups in total. The molecule has 96 valence electrons. The zero-order valence-corrected chi connectivity index (χ0v) is 9.70. The molecule has 1 saturated heterocycles. The molecule has 1 aromatic rings. The summed E-state index contributed by atoms with van der Waals surface area (Å²) in [4.78, 5) is 24.2. The Hall–Kier alpha value is -2.08. The molecule has 1 heterocycles. The Morgan fingerprint density at radius 1 is 1.39 bits per heavy atom. The highest BCUT2D eigenvalue weighted by molar-refractivity contribution is 5.96. The average molecular weight is 250 g/mol. The second kappa shape index (κ2) is 5.05. The van der Waals surface area contributed by atoms with Gasteiger partial charge in [-0.3, -0.25) is 4.79 Å². The number of ether oxygens (including phenoxy) is 1. The maximum atomic E-state index is 11.4. The van der Waals surface area contributed by atoms with Gasteiger partial charge in [0.15, 0.2) is 0 Å². The van der Waals surface area contributed by atoms with E-state index in [0.717, 1.165) is 0 Å². The SMILES string of the molecule is NC(=O)C1COCCN1c1ccccc1C(=O)O. The van der Waals surface area contributed by atoms with Crippen LogP contribution in [0, 0.1) is 0 Å². The maximum absolute atomic E-state index is 11.4. The summed E-state index contributed by atoms with van der Waals surface area (Å²) in [6.07, 6.45) is 0. The van der Waals surface area contributed by atoms with Gasteiger partial charge in [0, 0.05) is 6.54 Å². The Labute approximate surface area is 104 Å². The lowest BCUT2D eigenvalue weighted by atomic mass is 10.1. The number of carboxylic acids is 1. The predicted molar refractivity (Wildman–Crippen MR) is 64.5 cm³/mol. The first-order valence-corrected chi connectivity index (χ1v) is 5.57. The molecule has 18 heavy (non-hydrogen) atoms. The lowest BCUT2D eigenvalue weighted by molar-refractivity contribution is -0.121. The van der Waals surface area contributed by atoms with Gasteiger partial charge >= 0.3 is 5.97 Å². The Kier molecular flexibility index (Phi) is 3.47. The molecule has 1 unspecified atom stereocenters. The molecule has 0 spiro atoms. The first-order chi connectivity index (χ1) is 8.61. The molecule has 6 heteroatoms. The van der Waals surface area contributed by atoms with Gasteiger partial charge in [0.1, 0.15) is 6.04 Å². The second-order valence-corrected chi connectivity index (χ2v) is 4.01. The second-order valence-electron chi connectivity index (χ2n) is 4.01. The molecule has 0 radical (unpaired) electrons. The van der Waals surface area contributed by atoms with Crippen LogP contribution in [0.1, 0.15) is 10.4 Å². The smallest absolute Gasteiger partial charge is 0.337 e. The number of carbonyl (C=O) groups is 2. The van der Waals surface area contributed by atoms with E-state index in [0.29, 0.717) is 18.8 Å². The van der Waals surface area contributed by atoms with Gasteiger partial charge in [-0.25, -0.2) is 4.79 Å². The van der Waals surface area contributed by atoms with E-state index in [-0.39, 0.29) is 12.2 Å². The van der Waals surface area contributed by atoms with Gasteiger partial charge in [-0.05, 0) is 12.1 Å². The number of hydrogen-bond acceptors (Lipinski definition) is 4. The summed E-state index contributed by atoms with van der Waals surface area (Å²) in [7, 11) is 0. The molecule has 1 aliphatic rings. The van der Waals surface area contributed by atoms with E-state index in [1.165, 1.54) is 6.07 Å². The predicted octanol–water partition coefficient (Wildman–Crippen LogP) is 0.0753. The van der Waals surface area contributed by atoms with Crippen LogP contribution >= 0.6 is 0 Å². The van der Waals surface area contributed by atoms with Gasteiger partial charge in [-0.2, -0.15) is 0 Å². The van der Waals surface area contributed by atoms with Crippen LogP contribution in [-0.2, 0) is 9.53 Å². The third-order valence-electron chi connectivity index (χ3n) is 2.90. The van der Waals surface area contributed by atoms with Gasteiger partial charge in [-0.15, -0.1) is 0 Å². The van der Waals surface area contributed by atoms with Gasteiger partial charge < -0.3 is 20.5 Å². The summed E-state index contributed by atoms with van der Waals surface area (Å²) in [6.45, 7) is 1.07. The number of para-hydroxylation sites is 1. The van der Waals surface area contributed by atoms with E-state index in [9.17, 15) is 9.59 Å². The number of carboxylic acid groups (broad SMARTS) is 1. The number of morpholine rings is 1. The zero-order chi connectivity index (χ0) is 13.1. The first kappa shape index (κ1) is 12.4. The Morgan fingerprint density at radius 2 is 2.11 bits per heavy atom. The summed E-state index contributed by atoms with van der Waals surface area (Å²) in [5.74, 6) is -1.55. The van der Waals surface area contributed by atoms with Crippen molar-refractivity contribution in [1.82, 2.24) is 0 Å².